The highest BCUT2D eigenvalue weighted by atomic mass is 16.5. The maximum Gasteiger partial charge on any atom is 0.221 e. The number of hydrogen-bond acceptors (Lipinski definition) is 3. The predicted octanol–water partition coefficient (Wildman–Crippen LogP) is 3.28. The Hall–Kier alpha value is -2.82. The Morgan fingerprint density at radius 2 is 2.14 bits per heavy atom. The lowest BCUT2D eigenvalue weighted by Crippen LogP contribution is -2.07. The van der Waals surface area contributed by atoms with Gasteiger partial charge in [-0.25, -0.2) is 4.98 Å². The maximum atomic E-state index is 11.3. The first kappa shape index (κ1) is 14.1. The van der Waals surface area contributed by atoms with Crippen molar-refractivity contribution in [2.75, 3.05) is 12.4 Å². The first-order valence-electron chi connectivity index (χ1n) is 6.99. The van der Waals surface area contributed by atoms with Crippen LogP contribution in [0.3, 0.4) is 0 Å². The summed E-state index contributed by atoms with van der Waals surface area (Å²) in [7, 11) is 1.58. The third-order valence-corrected chi connectivity index (χ3v) is 3.48. The van der Waals surface area contributed by atoms with Crippen LogP contribution in [0, 0.1) is 6.92 Å². The van der Waals surface area contributed by atoms with E-state index in [1.165, 1.54) is 6.92 Å². The van der Waals surface area contributed by atoms with Gasteiger partial charge in [0.2, 0.25) is 5.91 Å². The fraction of sp³-hybridized carbons (Fsp3) is 0.176. The zero-order valence-electron chi connectivity index (χ0n) is 12.8. The van der Waals surface area contributed by atoms with Crippen LogP contribution in [0.15, 0.2) is 42.7 Å². The second-order valence-corrected chi connectivity index (χ2v) is 5.14. The number of rotatable bonds is 3. The molecule has 5 nitrogen and oxygen atoms in total. The van der Waals surface area contributed by atoms with Crippen LogP contribution in [0.25, 0.3) is 16.9 Å². The van der Waals surface area contributed by atoms with Gasteiger partial charge >= 0.3 is 0 Å². The highest BCUT2D eigenvalue weighted by Gasteiger charge is 2.10. The first-order chi connectivity index (χ1) is 10.6. The van der Waals surface area contributed by atoms with Crippen LogP contribution in [0.5, 0.6) is 5.75 Å². The molecule has 0 radical (unpaired) electrons. The molecule has 0 aliphatic carbocycles. The zero-order chi connectivity index (χ0) is 15.7. The Balaban J connectivity index is 2.09. The second kappa shape index (κ2) is 5.52. The molecule has 22 heavy (non-hydrogen) atoms. The van der Waals surface area contributed by atoms with Crippen molar-refractivity contribution in [2.45, 2.75) is 13.8 Å². The van der Waals surface area contributed by atoms with Crippen LogP contribution >= 0.6 is 0 Å². The minimum absolute atomic E-state index is 0.138. The lowest BCUT2D eigenvalue weighted by atomic mass is 10.1. The van der Waals surface area contributed by atoms with E-state index < -0.39 is 0 Å². The number of carbonyl (C=O) groups excluding carboxylic acids is 1. The number of methoxy groups -OCH3 is 1. The predicted molar refractivity (Wildman–Crippen MR) is 86.2 cm³/mol. The Bertz CT molecular complexity index is 852. The second-order valence-electron chi connectivity index (χ2n) is 5.14. The van der Waals surface area contributed by atoms with Crippen molar-refractivity contribution in [1.82, 2.24) is 9.38 Å². The summed E-state index contributed by atoms with van der Waals surface area (Å²) in [5, 5.41) is 2.78. The Labute approximate surface area is 128 Å². The Kier molecular flexibility index (Phi) is 3.55. The van der Waals surface area contributed by atoms with E-state index in [-0.39, 0.29) is 5.91 Å². The molecule has 2 heterocycles. The Morgan fingerprint density at radius 3 is 2.82 bits per heavy atom. The zero-order valence-corrected chi connectivity index (χ0v) is 12.8. The number of amides is 1. The van der Waals surface area contributed by atoms with Crippen molar-refractivity contribution in [3.63, 3.8) is 0 Å². The number of fused-ring (bicyclic) bond motifs is 1. The van der Waals surface area contributed by atoms with Gasteiger partial charge in [-0.15, -0.1) is 0 Å². The van der Waals surface area contributed by atoms with Crippen molar-refractivity contribution in [3.05, 3.63) is 48.3 Å². The van der Waals surface area contributed by atoms with Gasteiger partial charge in [0.1, 0.15) is 11.4 Å². The van der Waals surface area contributed by atoms with Gasteiger partial charge in [-0.05, 0) is 36.8 Å². The smallest absolute Gasteiger partial charge is 0.221 e. The molecule has 1 amide bonds. The fourth-order valence-corrected chi connectivity index (χ4v) is 2.45. The molecule has 0 unspecified atom stereocenters. The number of anilines is 1. The third-order valence-electron chi connectivity index (χ3n) is 3.48. The number of benzene rings is 1. The molecule has 0 bridgehead atoms. The minimum Gasteiger partial charge on any atom is -0.495 e. The normalized spacial score (nSPS) is 10.7. The van der Waals surface area contributed by atoms with E-state index in [0.29, 0.717) is 11.4 Å². The number of carbonyl (C=O) groups is 1. The average molecular weight is 295 g/mol. The summed E-state index contributed by atoms with van der Waals surface area (Å²) in [5.74, 6) is 0.486. The summed E-state index contributed by atoms with van der Waals surface area (Å²) < 4.78 is 7.27. The molecule has 0 saturated carbocycles. The van der Waals surface area contributed by atoms with Gasteiger partial charge in [0.05, 0.1) is 18.5 Å². The summed E-state index contributed by atoms with van der Waals surface area (Å²) >= 11 is 0. The molecular weight excluding hydrogens is 278 g/mol. The molecule has 112 valence electrons. The minimum atomic E-state index is -0.138. The topological polar surface area (TPSA) is 55.6 Å². The van der Waals surface area contributed by atoms with Crippen LogP contribution < -0.4 is 10.1 Å². The molecule has 0 aliphatic heterocycles. The van der Waals surface area contributed by atoms with Gasteiger partial charge in [-0.2, -0.15) is 0 Å². The summed E-state index contributed by atoms with van der Waals surface area (Å²) in [6.45, 7) is 3.50. The van der Waals surface area contributed by atoms with Crippen molar-refractivity contribution in [2.24, 2.45) is 0 Å². The summed E-state index contributed by atoms with van der Waals surface area (Å²) in [5.41, 5.74) is 4.45. The molecule has 2 aromatic heterocycles. The number of ether oxygens (including phenoxy) is 1. The molecule has 5 heteroatoms. The third kappa shape index (κ3) is 2.53. The molecular formula is C17H17N3O2. The number of aryl methyl sites for hydroxylation is 1. The molecule has 0 fully saturated rings. The number of hydrogen-bond donors (Lipinski definition) is 1. The van der Waals surface area contributed by atoms with E-state index in [0.717, 1.165) is 22.5 Å². The van der Waals surface area contributed by atoms with Crippen LogP contribution in [0.2, 0.25) is 0 Å². The number of nitrogens with zero attached hydrogens (tertiary/aromatic N) is 2. The molecule has 1 N–H and O–H groups in total. The van der Waals surface area contributed by atoms with Crippen molar-refractivity contribution in [3.8, 4) is 17.0 Å². The standard InChI is InChI=1S/C17H17N3O2/c1-11-5-4-8-20-10-15(19-17(11)20)13-6-7-16(22-3)14(9-13)18-12(2)21/h4-10H,1-3H3,(H,18,21). The van der Waals surface area contributed by atoms with E-state index in [9.17, 15) is 4.79 Å². The van der Waals surface area contributed by atoms with E-state index in [1.54, 1.807) is 7.11 Å². The van der Waals surface area contributed by atoms with Gasteiger partial charge in [0, 0.05) is 24.9 Å². The molecule has 3 aromatic rings. The van der Waals surface area contributed by atoms with E-state index >= 15 is 0 Å². The molecule has 1 aromatic carbocycles. The Morgan fingerprint density at radius 1 is 1.32 bits per heavy atom. The van der Waals surface area contributed by atoms with E-state index in [4.69, 9.17) is 4.74 Å². The van der Waals surface area contributed by atoms with Crippen LogP contribution in [-0.2, 0) is 4.79 Å². The number of nitrogens with one attached hydrogen (secondary N) is 1. The van der Waals surface area contributed by atoms with Gasteiger partial charge < -0.3 is 14.5 Å². The first-order valence-corrected chi connectivity index (χ1v) is 6.99. The molecule has 0 atom stereocenters. The molecule has 3 rings (SSSR count). The fourth-order valence-electron chi connectivity index (χ4n) is 2.45. The van der Waals surface area contributed by atoms with Crippen LogP contribution in [0.4, 0.5) is 5.69 Å². The number of imidazole rings is 1. The lowest BCUT2D eigenvalue weighted by molar-refractivity contribution is -0.114. The van der Waals surface area contributed by atoms with Crippen molar-refractivity contribution < 1.29 is 9.53 Å². The molecule has 0 spiro atoms. The lowest BCUT2D eigenvalue weighted by Gasteiger charge is -2.10. The van der Waals surface area contributed by atoms with Gasteiger partial charge in [0.25, 0.3) is 0 Å². The monoisotopic (exact) mass is 295 g/mol. The average Bonchev–Trinajstić information content (AvgIpc) is 2.92. The van der Waals surface area contributed by atoms with E-state index in [2.05, 4.69) is 10.3 Å². The number of aromatic nitrogens is 2. The van der Waals surface area contributed by atoms with Gasteiger partial charge in [-0.3, -0.25) is 4.79 Å². The highest BCUT2D eigenvalue weighted by Crippen LogP contribution is 2.30. The summed E-state index contributed by atoms with van der Waals surface area (Å²) in [4.78, 5) is 16.0. The van der Waals surface area contributed by atoms with Gasteiger partial charge in [0.15, 0.2) is 0 Å². The van der Waals surface area contributed by atoms with Crippen molar-refractivity contribution in [1.29, 1.82) is 0 Å². The maximum absolute atomic E-state index is 11.3. The van der Waals surface area contributed by atoms with Crippen LogP contribution in [0.1, 0.15) is 12.5 Å². The number of pyridine rings is 1. The van der Waals surface area contributed by atoms with E-state index in [1.807, 2.05) is 54.0 Å². The largest absolute Gasteiger partial charge is 0.495 e. The van der Waals surface area contributed by atoms with Crippen molar-refractivity contribution >= 4 is 17.2 Å². The SMILES string of the molecule is COc1ccc(-c2cn3cccc(C)c3n2)cc1NC(C)=O. The summed E-state index contributed by atoms with van der Waals surface area (Å²) in [6.07, 6.45) is 3.94. The molecule has 0 aliphatic rings. The highest BCUT2D eigenvalue weighted by molar-refractivity contribution is 5.91. The van der Waals surface area contributed by atoms with Gasteiger partial charge in [-0.1, -0.05) is 6.07 Å². The molecule has 0 saturated heterocycles. The van der Waals surface area contributed by atoms with Crippen LogP contribution in [-0.4, -0.2) is 22.4 Å². The quantitative estimate of drug-likeness (QED) is 0.806. The summed E-state index contributed by atoms with van der Waals surface area (Å²) in [6, 6.07) is 9.66.